The molecule has 0 radical (unpaired) electrons. The van der Waals surface area contributed by atoms with Gasteiger partial charge in [-0.05, 0) is 42.8 Å². The van der Waals surface area contributed by atoms with Gasteiger partial charge in [0, 0.05) is 10.7 Å². The molecule has 2 aromatic rings. The lowest BCUT2D eigenvalue weighted by Crippen LogP contribution is -2.29. The van der Waals surface area contributed by atoms with Crippen LogP contribution < -0.4 is 10.6 Å². The Hall–Kier alpha value is -2.53. The summed E-state index contributed by atoms with van der Waals surface area (Å²) in [6.07, 6.45) is 0. The zero-order chi connectivity index (χ0) is 15.4. The van der Waals surface area contributed by atoms with Crippen LogP contribution in [0.5, 0.6) is 5.75 Å². The van der Waals surface area contributed by atoms with Gasteiger partial charge in [0.1, 0.15) is 5.75 Å². The number of halogens is 1. The molecule has 0 atom stereocenters. The number of anilines is 2. The Morgan fingerprint density at radius 1 is 1.05 bits per heavy atom. The molecular weight excluding hydrogens is 292 g/mol. The Balaban J connectivity index is 2.04. The third-order valence-electron chi connectivity index (χ3n) is 2.69. The van der Waals surface area contributed by atoms with E-state index in [2.05, 4.69) is 10.6 Å². The third kappa shape index (κ3) is 3.97. The molecule has 2 aromatic carbocycles. The van der Waals surface area contributed by atoms with E-state index in [-0.39, 0.29) is 11.4 Å². The van der Waals surface area contributed by atoms with Crippen LogP contribution in [-0.2, 0) is 9.59 Å². The van der Waals surface area contributed by atoms with Gasteiger partial charge in [0.25, 0.3) is 0 Å². The van der Waals surface area contributed by atoms with E-state index in [1.54, 1.807) is 31.2 Å². The number of hydrogen-bond donors (Lipinski definition) is 3. The van der Waals surface area contributed by atoms with Crippen LogP contribution in [0.3, 0.4) is 0 Å². The third-order valence-corrected chi connectivity index (χ3v) is 2.93. The summed E-state index contributed by atoms with van der Waals surface area (Å²) >= 11 is 5.79. The maximum atomic E-state index is 11.8. The second kappa shape index (κ2) is 6.28. The second-order valence-corrected chi connectivity index (χ2v) is 4.88. The summed E-state index contributed by atoms with van der Waals surface area (Å²) in [5, 5.41) is 14.9. The lowest BCUT2D eigenvalue weighted by Gasteiger charge is -2.08. The molecule has 0 saturated heterocycles. The lowest BCUT2D eigenvalue weighted by molar-refractivity contribution is -0.133. The number of nitrogens with one attached hydrogen (secondary N) is 2. The van der Waals surface area contributed by atoms with Gasteiger partial charge < -0.3 is 15.7 Å². The predicted molar refractivity (Wildman–Crippen MR) is 81.6 cm³/mol. The number of aryl methyl sites for hydroxylation is 1. The first-order valence-corrected chi connectivity index (χ1v) is 6.51. The summed E-state index contributed by atoms with van der Waals surface area (Å²) in [6, 6.07) is 11.2. The molecule has 0 aromatic heterocycles. The minimum Gasteiger partial charge on any atom is -0.506 e. The monoisotopic (exact) mass is 304 g/mol. The zero-order valence-corrected chi connectivity index (χ0v) is 11.9. The van der Waals surface area contributed by atoms with E-state index in [1.165, 1.54) is 18.2 Å². The van der Waals surface area contributed by atoms with Crippen molar-refractivity contribution in [3.63, 3.8) is 0 Å². The molecule has 0 fully saturated rings. The van der Waals surface area contributed by atoms with Gasteiger partial charge in [-0.1, -0.05) is 23.7 Å². The summed E-state index contributed by atoms with van der Waals surface area (Å²) in [5.74, 6) is -1.83. The van der Waals surface area contributed by atoms with Crippen LogP contribution in [0.4, 0.5) is 11.4 Å². The number of amides is 2. The number of rotatable bonds is 2. The van der Waals surface area contributed by atoms with Crippen molar-refractivity contribution in [1.29, 1.82) is 0 Å². The highest BCUT2D eigenvalue weighted by Crippen LogP contribution is 2.23. The van der Waals surface area contributed by atoms with E-state index >= 15 is 0 Å². The van der Waals surface area contributed by atoms with Crippen molar-refractivity contribution < 1.29 is 14.7 Å². The molecule has 2 rings (SSSR count). The maximum absolute atomic E-state index is 11.8. The molecule has 2 amide bonds. The number of phenolic OH excluding ortho intramolecular Hbond substituents is 1. The molecule has 0 saturated carbocycles. The van der Waals surface area contributed by atoms with Gasteiger partial charge >= 0.3 is 11.8 Å². The molecule has 0 spiro atoms. The van der Waals surface area contributed by atoms with Crippen LogP contribution in [0, 0.1) is 6.92 Å². The van der Waals surface area contributed by atoms with E-state index in [1.807, 2.05) is 0 Å². The van der Waals surface area contributed by atoms with Crippen molar-refractivity contribution in [3.8, 4) is 5.75 Å². The molecule has 0 aliphatic carbocycles. The molecule has 0 heterocycles. The van der Waals surface area contributed by atoms with E-state index in [0.717, 1.165) is 5.56 Å². The first-order chi connectivity index (χ1) is 9.95. The Kier molecular flexibility index (Phi) is 4.45. The first kappa shape index (κ1) is 14.9. The van der Waals surface area contributed by atoms with Crippen molar-refractivity contribution in [2.45, 2.75) is 6.92 Å². The van der Waals surface area contributed by atoms with Crippen LogP contribution in [0.1, 0.15) is 5.56 Å². The van der Waals surface area contributed by atoms with Crippen molar-refractivity contribution in [3.05, 3.63) is 53.1 Å². The van der Waals surface area contributed by atoms with Crippen LogP contribution >= 0.6 is 11.6 Å². The van der Waals surface area contributed by atoms with E-state index in [9.17, 15) is 14.7 Å². The minimum atomic E-state index is -0.880. The van der Waals surface area contributed by atoms with Gasteiger partial charge in [0.05, 0.1) is 5.69 Å². The molecule has 3 N–H and O–H groups in total. The fraction of sp³-hybridized carbons (Fsp3) is 0.0667. The summed E-state index contributed by atoms with van der Waals surface area (Å²) in [7, 11) is 0. The smallest absolute Gasteiger partial charge is 0.314 e. The predicted octanol–water partition coefficient (Wildman–Crippen LogP) is 2.93. The van der Waals surface area contributed by atoms with Gasteiger partial charge in [-0.15, -0.1) is 0 Å². The summed E-state index contributed by atoms with van der Waals surface area (Å²) in [6.45, 7) is 1.80. The Labute approximate surface area is 126 Å². The van der Waals surface area contributed by atoms with Crippen LogP contribution in [0.15, 0.2) is 42.5 Å². The summed E-state index contributed by atoms with van der Waals surface area (Å²) in [5.41, 5.74) is 1.43. The van der Waals surface area contributed by atoms with Crippen LogP contribution in [-0.4, -0.2) is 16.9 Å². The highest BCUT2D eigenvalue weighted by Gasteiger charge is 2.15. The second-order valence-electron chi connectivity index (χ2n) is 4.44. The molecule has 0 aliphatic rings. The molecule has 5 nitrogen and oxygen atoms in total. The van der Waals surface area contributed by atoms with Crippen molar-refractivity contribution in [2.75, 3.05) is 10.6 Å². The average Bonchev–Trinajstić information content (AvgIpc) is 2.41. The molecule has 0 aliphatic heterocycles. The molecule has 108 valence electrons. The van der Waals surface area contributed by atoms with Gasteiger partial charge in [0.2, 0.25) is 0 Å². The van der Waals surface area contributed by atoms with Crippen molar-refractivity contribution >= 4 is 34.8 Å². The number of hydrogen-bond acceptors (Lipinski definition) is 3. The standard InChI is InChI=1S/C15H13ClN2O3/c1-9-5-6-12(13(19)7-9)18-15(21)14(20)17-11-4-2-3-10(16)8-11/h2-8,19H,1H3,(H,17,20)(H,18,21). The van der Waals surface area contributed by atoms with Crippen molar-refractivity contribution in [2.24, 2.45) is 0 Å². The number of aromatic hydroxyl groups is 1. The van der Waals surface area contributed by atoms with Gasteiger partial charge in [-0.2, -0.15) is 0 Å². The largest absolute Gasteiger partial charge is 0.506 e. The van der Waals surface area contributed by atoms with Gasteiger partial charge in [0.15, 0.2) is 0 Å². The van der Waals surface area contributed by atoms with Crippen LogP contribution in [0.25, 0.3) is 0 Å². The van der Waals surface area contributed by atoms with Crippen molar-refractivity contribution in [1.82, 2.24) is 0 Å². The quantitative estimate of drug-likeness (QED) is 0.589. The fourth-order valence-corrected chi connectivity index (χ4v) is 1.87. The number of carbonyl (C=O) groups excluding carboxylic acids is 2. The SMILES string of the molecule is Cc1ccc(NC(=O)C(=O)Nc2cccc(Cl)c2)c(O)c1. The van der Waals surface area contributed by atoms with Gasteiger partial charge in [-0.25, -0.2) is 0 Å². The minimum absolute atomic E-state index is 0.0982. The van der Waals surface area contributed by atoms with E-state index in [0.29, 0.717) is 10.7 Å². The van der Waals surface area contributed by atoms with Crippen LogP contribution in [0.2, 0.25) is 5.02 Å². The highest BCUT2D eigenvalue weighted by atomic mass is 35.5. The van der Waals surface area contributed by atoms with E-state index in [4.69, 9.17) is 11.6 Å². The molecule has 0 bridgehead atoms. The molecule has 6 heteroatoms. The van der Waals surface area contributed by atoms with E-state index < -0.39 is 11.8 Å². The number of phenols is 1. The normalized spacial score (nSPS) is 10.0. The highest BCUT2D eigenvalue weighted by molar-refractivity contribution is 6.44. The maximum Gasteiger partial charge on any atom is 0.314 e. The first-order valence-electron chi connectivity index (χ1n) is 6.13. The summed E-state index contributed by atoms with van der Waals surface area (Å²) in [4.78, 5) is 23.5. The Morgan fingerprint density at radius 2 is 1.76 bits per heavy atom. The Bertz CT molecular complexity index is 701. The number of benzene rings is 2. The van der Waals surface area contributed by atoms with Gasteiger partial charge in [-0.3, -0.25) is 9.59 Å². The number of carbonyl (C=O) groups is 2. The average molecular weight is 305 g/mol. The Morgan fingerprint density at radius 3 is 2.43 bits per heavy atom. The topological polar surface area (TPSA) is 78.4 Å². The summed E-state index contributed by atoms with van der Waals surface area (Å²) < 4.78 is 0. The molecule has 0 unspecified atom stereocenters. The zero-order valence-electron chi connectivity index (χ0n) is 11.2. The molecule has 21 heavy (non-hydrogen) atoms. The lowest BCUT2D eigenvalue weighted by atomic mass is 10.2. The fourth-order valence-electron chi connectivity index (χ4n) is 1.68. The molecular formula is C15H13ClN2O3.